The van der Waals surface area contributed by atoms with Gasteiger partial charge >= 0.3 is 0 Å². The molecule has 3 heteroatoms. The molecule has 2 unspecified atom stereocenters. The first kappa shape index (κ1) is 12.8. The molecular formula is C15H20N2O. The van der Waals surface area contributed by atoms with Crippen LogP contribution in [0.25, 0.3) is 0 Å². The van der Waals surface area contributed by atoms with E-state index in [1.807, 2.05) is 29.0 Å². The third kappa shape index (κ3) is 2.46. The second kappa shape index (κ2) is 5.83. The minimum Gasteiger partial charge on any atom is -0.385 e. The van der Waals surface area contributed by atoms with Crippen molar-refractivity contribution in [1.29, 1.82) is 0 Å². The summed E-state index contributed by atoms with van der Waals surface area (Å²) in [6.07, 6.45) is 4.00. The summed E-state index contributed by atoms with van der Waals surface area (Å²) >= 11 is 0. The molecule has 18 heavy (non-hydrogen) atoms. The molecular weight excluding hydrogens is 224 g/mol. The number of hydrogen-bond donors (Lipinski definition) is 1. The van der Waals surface area contributed by atoms with Gasteiger partial charge in [-0.1, -0.05) is 37.3 Å². The summed E-state index contributed by atoms with van der Waals surface area (Å²) in [4.78, 5) is 4.29. The van der Waals surface area contributed by atoms with Crippen molar-refractivity contribution in [2.45, 2.75) is 38.8 Å². The summed E-state index contributed by atoms with van der Waals surface area (Å²) in [6.45, 7) is 4.99. The van der Waals surface area contributed by atoms with Crippen LogP contribution in [0.15, 0.2) is 42.7 Å². The van der Waals surface area contributed by atoms with Crippen molar-refractivity contribution in [3.05, 3.63) is 54.1 Å². The third-order valence-corrected chi connectivity index (χ3v) is 3.40. The number of aliphatic hydroxyl groups is 1. The van der Waals surface area contributed by atoms with E-state index in [4.69, 9.17) is 0 Å². The molecule has 0 saturated heterocycles. The van der Waals surface area contributed by atoms with Crippen LogP contribution in [0.4, 0.5) is 0 Å². The molecule has 0 saturated carbocycles. The van der Waals surface area contributed by atoms with Crippen molar-refractivity contribution in [2.75, 3.05) is 0 Å². The molecule has 0 amide bonds. The molecule has 0 fully saturated rings. The maximum absolute atomic E-state index is 10.6. The van der Waals surface area contributed by atoms with Crippen LogP contribution < -0.4 is 0 Å². The Morgan fingerprint density at radius 1 is 1.22 bits per heavy atom. The average Bonchev–Trinajstić information content (AvgIpc) is 2.89. The van der Waals surface area contributed by atoms with Gasteiger partial charge in [0.15, 0.2) is 0 Å². The number of benzene rings is 1. The molecule has 1 heterocycles. The number of aryl methyl sites for hydroxylation is 1. The van der Waals surface area contributed by atoms with Gasteiger partial charge in [-0.2, -0.15) is 0 Å². The first-order valence-corrected chi connectivity index (χ1v) is 6.52. The zero-order valence-corrected chi connectivity index (χ0v) is 11.0. The molecule has 0 aliphatic heterocycles. The van der Waals surface area contributed by atoms with E-state index in [1.165, 1.54) is 0 Å². The molecule has 0 spiro atoms. The topological polar surface area (TPSA) is 38.1 Å². The van der Waals surface area contributed by atoms with Crippen molar-refractivity contribution < 1.29 is 5.11 Å². The van der Waals surface area contributed by atoms with Gasteiger partial charge < -0.3 is 9.67 Å². The van der Waals surface area contributed by atoms with Crippen molar-refractivity contribution in [2.24, 2.45) is 0 Å². The summed E-state index contributed by atoms with van der Waals surface area (Å²) in [5, 5.41) is 10.6. The van der Waals surface area contributed by atoms with Gasteiger partial charge in [0.2, 0.25) is 0 Å². The van der Waals surface area contributed by atoms with Crippen LogP contribution >= 0.6 is 0 Å². The average molecular weight is 244 g/mol. The molecule has 1 aromatic heterocycles. The van der Waals surface area contributed by atoms with E-state index in [0.717, 1.165) is 24.4 Å². The van der Waals surface area contributed by atoms with Crippen LogP contribution in [-0.4, -0.2) is 14.7 Å². The van der Waals surface area contributed by atoms with Crippen molar-refractivity contribution in [3.8, 4) is 0 Å². The standard InChI is InChI=1S/C15H20N2O/c1-3-13(12-8-6-5-7-9-12)14(18)15-16-10-11-17(15)4-2/h5-11,13-14,18H,3-4H2,1-2H3. The first-order valence-electron chi connectivity index (χ1n) is 6.52. The lowest BCUT2D eigenvalue weighted by molar-refractivity contribution is 0.129. The van der Waals surface area contributed by atoms with E-state index in [1.54, 1.807) is 6.20 Å². The van der Waals surface area contributed by atoms with Crippen LogP contribution in [0.5, 0.6) is 0 Å². The quantitative estimate of drug-likeness (QED) is 0.877. The van der Waals surface area contributed by atoms with Crippen LogP contribution in [0.3, 0.4) is 0 Å². The molecule has 96 valence electrons. The number of rotatable bonds is 5. The zero-order chi connectivity index (χ0) is 13.0. The Labute approximate surface area is 108 Å². The van der Waals surface area contributed by atoms with Crippen molar-refractivity contribution in [3.63, 3.8) is 0 Å². The zero-order valence-electron chi connectivity index (χ0n) is 11.0. The predicted molar refractivity (Wildman–Crippen MR) is 72.3 cm³/mol. The van der Waals surface area contributed by atoms with E-state index in [-0.39, 0.29) is 5.92 Å². The number of imidazole rings is 1. The van der Waals surface area contributed by atoms with Gasteiger partial charge in [0.25, 0.3) is 0 Å². The van der Waals surface area contributed by atoms with E-state index >= 15 is 0 Å². The van der Waals surface area contributed by atoms with Crippen LogP contribution in [0, 0.1) is 0 Å². The SMILES string of the molecule is CCC(c1ccccc1)C(O)c1nccn1CC. The summed E-state index contributed by atoms with van der Waals surface area (Å²) in [5.41, 5.74) is 1.16. The van der Waals surface area contributed by atoms with Gasteiger partial charge in [0.05, 0.1) is 0 Å². The Balaban J connectivity index is 2.28. The largest absolute Gasteiger partial charge is 0.385 e. The highest BCUT2D eigenvalue weighted by atomic mass is 16.3. The maximum Gasteiger partial charge on any atom is 0.138 e. The molecule has 1 N–H and O–H groups in total. The Kier molecular flexibility index (Phi) is 4.15. The van der Waals surface area contributed by atoms with E-state index < -0.39 is 6.10 Å². The Hall–Kier alpha value is -1.61. The second-order valence-corrected chi connectivity index (χ2v) is 4.44. The molecule has 0 radical (unpaired) electrons. The van der Waals surface area contributed by atoms with Gasteiger partial charge in [0, 0.05) is 24.9 Å². The molecule has 1 aromatic carbocycles. The summed E-state index contributed by atoms with van der Waals surface area (Å²) < 4.78 is 2.00. The highest BCUT2D eigenvalue weighted by Gasteiger charge is 2.24. The fourth-order valence-electron chi connectivity index (χ4n) is 2.38. The van der Waals surface area contributed by atoms with Gasteiger partial charge in [-0.15, -0.1) is 0 Å². The monoisotopic (exact) mass is 244 g/mol. The summed E-state index contributed by atoms with van der Waals surface area (Å²) in [6, 6.07) is 10.1. The van der Waals surface area contributed by atoms with Gasteiger partial charge in [0.1, 0.15) is 11.9 Å². The van der Waals surface area contributed by atoms with Crippen LogP contribution in [0.1, 0.15) is 43.7 Å². The Bertz CT molecular complexity index is 478. The maximum atomic E-state index is 10.6. The first-order chi connectivity index (χ1) is 8.77. The minimum atomic E-state index is -0.549. The molecule has 0 bridgehead atoms. The molecule has 3 nitrogen and oxygen atoms in total. The molecule has 0 aliphatic carbocycles. The van der Waals surface area contributed by atoms with Gasteiger partial charge in [-0.25, -0.2) is 4.98 Å². The van der Waals surface area contributed by atoms with Crippen LogP contribution in [0.2, 0.25) is 0 Å². The number of aromatic nitrogens is 2. The number of hydrogen-bond acceptors (Lipinski definition) is 2. The third-order valence-electron chi connectivity index (χ3n) is 3.40. The molecule has 2 aromatic rings. The minimum absolute atomic E-state index is 0.0962. The lowest BCUT2D eigenvalue weighted by Crippen LogP contribution is -2.15. The highest BCUT2D eigenvalue weighted by molar-refractivity contribution is 5.22. The molecule has 2 rings (SSSR count). The fourth-order valence-corrected chi connectivity index (χ4v) is 2.38. The van der Waals surface area contributed by atoms with Gasteiger partial charge in [-0.3, -0.25) is 0 Å². The smallest absolute Gasteiger partial charge is 0.138 e. The number of nitrogens with zero attached hydrogens (tertiary/aromatic N) is 2. The van der Waals surface area contributed by atoms with Crippen molar-refractivity contribution in [1.82, 2.24) is 9.55 Å². The Morgan fingerprint density at radius 2 is 1.94 bits per heavy atom. The lowest BCUT2D eigenvalue weighted by atomic mass is 9.90. The van der Waals surface area contributed by atoms with Crippen molar-refractivity contribution >= 4 is 0 Å². The molecule has 2 atom stereocenters. The highest BCUT2D eigenvalue weighted by Crippen LogP contribution is 2.32. The fraction of sp³-hybridized carbons (Fsp3) is 0.400. The predicted octanol–water partition coefficient (Wildman–Crippen LogP) is 3.13. The summed E-state index contributed by atoms with van der Waals surface area (Å²) in [5.74, 6) is 0.854. The molecule has 0 aliphatic rings. The van der Waals surface area contributed by atoms with Gasteiger partial charge in [-0.05, 0) is 18.9 Å². The second-order valence-electron chi connectivity index (χ2n) is 4.44. The van der Waals surface area contributed by atoms with Crippen LogP contribution in [-0.2, 0) is 6.54 Å². The summed E-state index contributed by atoms with van der Waals surface area (Å²) in [7, 11) is 0. The number of aliphatic hydroxyl groups excluding tert-OH is 1. The Morgan fingerprint density at radius 3 is 2.56 bits per heavy atom. The normalized spacial score (nSPS) is 14.4. The van der Waals surface area contributed by atoms with E-state index in [2.05, 4.69) is 31.0 Å². The van der Waals surface area contributed by atoms with E-state index in [0.29, 0.717) is 0 Å². The lowest BCUT2D eigenvalue weighted by Gasteiger charge is -2.22. The van der Waals surface area contributed by atoms with E-state index in [9.17, 15) is 5.11 Å².